The number of ether oxygens (including phenoxy) is 1. The summed E-state index contributed by atoms with van der Waals surface area (Å²) in [4.78, 5) is 33.5. The first-order valence-corrected chi connectivity index (χ1v) is 7.00. The van der Waals surface area contributed by atoms with Crippen molar-refractivity contribution in [1.82, 2.24) is 19.5 Å². The second-order valence-electron chi connectivity index (χ2n) is 5.24. The average Bonchev–Trinajstić information content (AvgIpc) is 3.10. The molecule has 0 radical (unpaired) electrons. The van der Waals surface area contributed by atoms with Gasteiger partial charge in [-0.15, -0.1) is 0 Å². The molecular formula is C12H14N6O7. The van der Waals surface area contributed by atoms with Gasteiger partial charge < -0.3 is 30.9 Å². The Kier molecular flexibility index (Phi) is 4.22. The Bertz CT molecular complexity index is 839. The molecule has 1 aliphatic heterocycles. The molecule has 13 heteroatoms. The summed E-state index contributed by atoms with van der Waals surface area (Å²) in [5.41, 5.74) is 5.87. The zero-order valence-electron chi connectivity index (χ0n) is 12.5. The molecule has 0 bridgehead atoms. The van der Waals surface area contributed by atoms with E-state index in [0.29, 0.717) is 0 Å². The standard InChI is InChI=1S/C12H14N6O7/c13-7-4-8(16-12(15-7)17-9(22)11(23)24)18(2-14-4)10-6(21)5(20)3(1-19)25-10/h2-3,5-6,10,19-21H,1H2,(H,23,24)(H3,13,15,16,17,22)/t3-,5-,6-,10-/m1/s1. The van der Waals surface area contributed by atoms with Crippen LogP contribution in [0.4, 0.5) is 11.8 Å². The summed E-state index contributed by atoms with van der Waals surface area (Å²) in [6, 6.07) is 0. The third-order valence-electron chi connectivity index (χ3n) is 3.66. The zero-order chi connectivity index (χ0) is 18.3. The van der Waals surface area contributed by atoms with Gasteiger partial charge in [0.2, 0.25) is 5.95 Å². The van der Waals surface area contributed by atoms with Crippen molar-refractivity contribution < 1.29 is 34.8 Å². The molecular weight excluding hydrogens is 340 g/mol. The highest BCUT2D eigenvalue weighted by molar-refractivity contribution is 6.36. The van der Waals surface area contributed by atoms with Crippen molar-refractivity contribution in [1.29, 1.82) is 0 Å². The van der Waals surface area contributed by atoms with Crippen molar-refractivity contribution in [3.8, 4) is 0 Å². The number of carbonyl (C=O) groups is 2. The van der Waals surface area contributed by atoms with Gasteiger partial charge in [0.25, 0.3) is 0 Å². The molecule has 7 N–H and O–H groups in total. The van der Waals surface area contributed by atoms with E-state index in [2.05, 4.69) is 15.0 Å². The molecule has 134 valence electrons. The lowest BCUT2D eigenvalue weighted by atomic mass is 10.1. The zero-order valence-corrected chi connectivity index (χ0v) is 12.5. The minimum Gasteiger partial charge on any atom is -0.474 e. The average molecular weight is 354 g/mol. The van der Waals surface area contributed by atoms with E-state index in [9.17, 15) is 19.8 Å². The Morgan fingerprint density at radius 2 is 2.04 bits per heavy atom. The summed E-state index contributed by atoms with van der Waals surface area (Å²) in [5.74, 6) is -3.63. The smallest absolute Gasteiger partial charge is 0.394 e. The number of anilines is 2. The highest BCUT2D eigenvalue weighted by Crippen LogP contribution is 2.32. The fourth-order valence-corrected chi connectivity index (χ4v) is 2.45. The summed E-state index contributed by atoms with van der Waals surface area (Å²) in [6.45, 7) is -0.515. The normalized spacial score (nSPS) is 26.0. The molecule has 1 aliphatic rings. The predicted molar refractivity (Wildman–Crippen MR) is 79.0 cm³/mol. The van der Waals surface area contributed by atoms with Crippen molar-refractivity contribution in [2.24, 2.45) is 0 Å². The lowest BCUT2D eigenvalue weighted by molar-refractivity contribution is -0.147. The van der Waals surface area contributed by atoms with Gasteiger partial charge in [-0.1, -0.05) is 0 Å². The number of imidazole rings is 1. The molecule has 1 amide bonds. The summed E-state index contributed by atoms with van der Waals surface area (Å²) in [6.07, 6.45) is -3.64. The van der Waals surface area contributed by atoms with Crippen LogP contribution in [0.5, 0.6) is 0 Å². The first-order valence-electron chi connectivity index (χ1n) is 7.00. The number of rotatable bonds is 3. The van der Waals surface area contributed by atoms with Gasteiger partial charge in [0, 0.05) is 0 Å². The van der Waals surface area contributed by atoms with E-state index < -0.39 is 43.0 Å². The molecule has 0 aromatic carbocycles. The van der Waals surface area contributed by atoms with Crippen LogP contribution in [0, 0.1) is 0 Å². The summed E-state index contributed by atoms with van der Waals surface area (Å²) in [5, 5.41) is 39.6. The van der Waals surface area contributed by atoms with Crippen LogP contribution in [0.15, 0.2) is 6.33 Å². The molecule has 1 saturated heterocycles. The number of hydrogen-bond acceptors (Lipinski definition) is 10. The van der Waals surface area contributed by atoms with E-state index in [0.717, 1.165) is 0 Å². The highest BCUT2D eigenvalue weighted by atomic mass is 16.6. The fraction of sp³-hybridized carbons (Fsp3) is 0.417. The van der Waals surface area contributed by atoms with Gasteiger partial charge in [-0.2, -0.15) is 9.97 Å². The summed E-state index contributed by atoms with van der Waals surface area (Å²) in [7, 11) is 0. The molecule has 0 saturated carbocycles. The minimum atomic E-state index is -1.74. The number of aliphatic hydroxyl groups excluding tert-OH is 3. The van der Waals surface area contributed by atoms with Crippen molar-refractivity contribution in [3.05, 3.63) is 6.33 Å². The molecule has 0 unspecified atom stereocenters. The van der Waals surface area contributed by atoms with E-state index >= 15 is 0 Å². The molecule has 3 rings (SSSR count). The molecule has 2 aromatic heterocycles. The third kappa shape index (κ3) is 2.85. The number of aliphatic carboxylic acids is 1. The maximum absolute atomic E-state index is 11.2. The van der Waals surface area contributed by atoms with Gasteiger partial charge >= 0.3 is 11.9 Å². The largest absolute Gasteiger partial charge is 0.474 e. The number of nitrogens with two attached hydrogens (primary N) is 1. The number of aliphatic hydroxyl groups is 3. The minimum absolute atomic E-state index is 0.0306. The number of hydrogen-bond donors (Lipinski definition) is 6. The molecule has 1 fully saturated rings. The Hall–Kier alpha value is -2.87. The van der Waals surface area contributed by atoms with Crippen LogP contribution in [-0.2, 0) is 14.3 Å². The van der Waals surface area contributed by atoms with Crippen LogP contribution in [0.2, 0.25) is 0 Å². The first kappa shape index (κ1) is 17.0. The number of carboxylic acids is 1. The molecule has 0 aliphatic carbocycles. The fourth-order valence-electron chi connectivity index (χ4n) is 2.45. The number of carbonyl (C=O) groups excluding carboxylic acids is 1. The number of nitrogens with one attached hydrogen (secondary N) is 1. The molecule has 2 aromatic rings. The van der Waals surface area contributed by atoms with Crippen LogP contribution in [0.1, 0.15) is 6.23 Å². The Morgan fingerprint density at radius 1 is 1.32 bits per heavy atom. The van der Waals surface area contributed by atoms with Crippen LogP contribution in [0.25, 0.3) is 11.2 Å². The van der Waals surface area contributed by atoms with Crippen molar-refractivity contribution >= 4 is 34.8 Å². The van der Waals surface area contributed by atoms with Crippen LogP contribution in [0.3, 0.4) is 0 Å². The SMILES string of the molecule is Nc1nc(NC(=O)C(=O)O)nc2c1ncn2[C@@H]1O[C@H](CO)[C@@H](O)[C@H]1O. The number of fused-ring (bicyclic) bond motifs is 1. The van der Waals surface area contributed by atoms with Crippen LogP contribution >= 0.6 is 0 Å². The van der Waals surface area contributed by atoms with Gasteiger partial charge in [-0.3, -0.25) is 14.7 Å². The second-order valence-corrected chi connectivity index (χ2v) is 5.24. The lowest BCUT2D eigenvalue weighted by Gasteiger charge is -2.16. The molecule has 0 spiro atoms. The van der Waals surface area contributed by atoms with Crippen molar-refractivity contribution in [2.45, 2.75) is 24.5 Å². The van der Waals surface area contributed by atoms with E-state index in [1.165, 1.54) is 10.9 Å². The monoisotopic (exact) mass is 354 g/mol. The van der Waals surface area contributed by atoms with Gasteiger partial charge in [0.15, 0.2) is 17.7 Å². The summed E-state index contributed by atoms with van der Waals surface area (Å²) >= 11 is 0. The van der Waals surface area contributed by atoms with Gasteiger partial charge in [0.05, 0.1) is 12.9 Å². The highest BCUT2D eigenvalue weighted by Gasteiger charge is 2.44. The second kappa shape index (κ2) is 6.21. The number of nitrogen functional groups attached to an aromatic ring is 1. The maximum atomic E-state index is 11.2. The maximum Gasteiger partial charge on any atom is 0.394 e. The molecule has 3 heterocycles. The van der Waals surface area contributed by atoms with Gasteiger partial charge in [0.1, 0.15) is 23.8 Å². The third-order valence-corrected chi connectivity index (χ3v) is 3.66. The van der Waals surface area contributed by atoms with Gasteiger partial charge in [-0.25, -0.2) is 9.78 Å². The molecule has 25 heavy (non-hydrogen) atoms. The lowest BCUT2D eigenvalue weighted by Crippen LogP contribution is -2.33. The van der Waals surface area contributed by atoms with E-state index in [-0.39, 0.29) is 22.9 Å². The van der Waals surface area contributed by atoms with Crippen molar-refractivity contribution in [3.63, 3.8) is 0 Å². The Balaban J connectivity index is 2.01. The molecule has 4 atom stereocenters. The predicted octanol–water partition coefficient (Wildman–Crippen LogP) is -2.96. The number of carboxylic acid groups (broad SMARTS) is 1. The first-order chi connectivity index (χ1) is 11.8. The Labute approximate surface area is 138 Å². The van der Waals surface area contributed by atoms with Crippen LogP contribution in [-0.4, -0.2) is 76.7 Å². The Morgan fingerprint density at radius 3 is 2.64 bits per heavy atom. The number of aromatic nitrogens is 4. The van der Waals surface area contributed by atoms with Crippen molar-refractivity contribution in [2.75, 3.05) is 17.7 Å². The topological polar surface area (TPSA) is 206 Å². The molecule has 13 nitrogen and oxygen atoms in total. The van der Waals surface area contributed by atoms with E-state index in [1.54, 1.807) is 0 Å². The van der Waals surface area contributed by atoms with Gasteiger partial charge in [-0.05, 0) is 0 Å². The number of nitrogens with zero attached hydrogens (tertiary/aromatic N) is 4. The van der Waals surface area contributed by atoms with Crippen LogP contribution < -0.4 is 11.1 Å². The summed E-state index contributed by atoms with van der Waals surface area (Å²) < 4.78 is 6.61. The quantitative estimate of drug-likeness (QED) is 0.307. The number of amides is 1. The van der Waals surface area contributed by atoms with E-state index in [1.807, 2.05) is 5.32 Å². The van der Waals surface area contributed by atoms with E-state index in [4.69, 9.17) is 20.7 Å².